The van der Waals surface area contributed by atoms with Crippen LogP contribution in [0, 0.1) is 0 Å². The van der Waals surface area contributed by atoms with Gasteiger partial charge in [-0.15, -0.1) is 0 Å². The number of halogens is 2. The van der Waals surface area contributed by atoms with Crippen molar-refractivity contribution in [3.8, 4) is 0 Å². The zero-order valence-electron chi connectivity index (χ0n) is 19.2. The van der Waals surface area contributed by atoms with Gasteiger partial charge in [0.2, 0.25) is 0 Å². The summed E-state index contributed by atoms with van der Waals surface area (Å²) in [5.41, 5.74) is 7.71. The van der Waals surface area contributed by atoms with Gasteiger partial charge in [-0.05, 0) is 87.7 Å². The first-order chi connectivity index (χ1) is 15.3. The smallest absolute Gasteiger partial charge is 0.357 e. The monoisotopic (exact) mass is 590 g/mol. The highest BCUT2D eigenvalue weighted by Gasteiger charge is 2.14. The van der Waals surface area contributed by atoms with Crippen molar-refractivity contribution in [2.75, 3.05) is 34.0 Å². The van der Waals surface area contributed by atoms with E-state index in [2.05, 4.69) is 41.8 Å². The summed E-state index contributed by atoms with van der Waals surface area (Å²) in [5.74, 6) is -0.870. The molecule has 0 radical (unpaired) electrons. The maximum absolute atomic E-state index is 11.7. The molecule has 5 N–H and O–H groups in total. The van der Waals surface area contributed by atoms with Crippen molar-refractivity contribution >= 4 is 43.7 Å². The van der Waals surface area contributed by atoms with Gasteiger partial charge in [-0.3, -0.25) is 4.79 Å². The number of methoxy groups -OCH3 is 2. The number of carbonyl (C=O) groups excluding carboxylic acids is 2. The lowest BCUT2D eigenvalue weighted by Crippen LogP contribution is -2.16. The second-order valence-corrected chi connectivity index (χ2v) is 8.19. The molecule has 0 fully saturated rings. The molecule has 33 heavy (non-hydrogen) atoms. The van der Waals surface area contributed by atoms with Crippen LogP contribution in [0.1, 0.15) is 51.9 Å². The van der Waals surface area contributed by atoms with Crippen LogP contribution in [-0.4, -0.2) is 55.9 Å². The maximum Gasteiger partial charge on any atom is 0.357 e. The Bertz CT molecular complexity index is 884. The SMILES string of the molecule is CCOC(=O)c1nc(Br)ccc1CCCOC.COCCCc1ccc(Br)nc1C(N)=O.N. The van der Waals surface area contributed by atoms with Gasteiger partial charge >= 0.3 is 5.97 Å². The van der Waals surface area contributed by atoms with Crippen LogP contribution in [0.3, 0.4) is 0 Å². The topological polar surface area (TPSA) is 149 Å². The average molecular weight is 592 g/mol. The molecule has 0 unspecified atom stereocenters. The number of rotatable bonds is 11. The van der Waals surface area contributed by atoms with Gasteiger partial charge in [0.1, 0.15) is 14.9 Å². The van der Waals surface area contributed by atoms with Crippen molar-refractivity contribution in [1.82, 2.24) is 16.1 Å². The molecule has 0 aromatic carbocycles. The van der Waals surface area contributed by atoms with Gasteiger partial charge in [-0.1, -0.05) is 12.1 Å². The minimum atomic E-state index is -0.497. The van der Waals surface area contributed by atoms with E-state index in [-0.39, 0.29) is 12.1 Å². The Hall–Kier alpha value is -1.92. The molecule has 184 valence electrons. The van der Waals surface area contributed by atoms with Crippen molar-refractivity contribution in [2.24, 2.45) is 5.73 Å². The van der Waals surface area contributed by atoms with E-state index in [4.69, 9.17) is 19.9 Å². The summed E-state index contributed by atoms with van der Waals surface area (Å²) < 4.78 is 16.2. The van der Waals surface area contributed by atoms with Crippen LogP contribution in [0.15, 0.2) is 33.5 Å². The standard InChI is InChI=1S/C12H16BrNO3.C10H13BrN2O2.H3N/c1-3-17-12(15)11-9(5-4-8-16-2)6-7-10(13)14-11;1-15-6-2-3-7-4-5-8(11)13-9(7)10(12)14;/h6-7H,3-5,8H2,1-2H3;4-5H,2-3,6H2,1H3,(H2,12,14);1H3. The lowest BCUT2D eigenvalue weighted by Gasteiger charge is -2.08. The molecule has 9 nitrogen and oxygen atoms in total. The Labute approximate surface area is 211 Å². The molecule has 2 aromatic heterocycles. The molecule has 0 saturated heterocycles. The average Bonchev–Trinajstić information content (AvgIpc) is 2.76. The van der Waals surface area contributed by atoms with Gasteiger partial charge in [0.15, 0.2) is 5.69 Å². The summed E-state index contributed by atoms with van der Waals surface area (Å²) in [6.07, 6.45) is 3.20. The van der Waals surface area contributed by atoms with E-state index >= 15 is 0 Å². The van der Waals surface area contributed by atoms with Crippen LogP contribution in [-0.2, 0) is 27.1 Å². The predicted octanol–water partition coefficient (Wildman–Crippen LogP) is 4.28. The van der Waals surface area contributed by atoms with E-state index in [0.717, 1.165) is 36.8 Å². The number of nitrogens with two attached hydrogens (primary N) is 1. The molecule has 0 spiro atoms. The third-order valence-electron chi connectivity index (χ3n) is 4.18. The Kier molecular flexibility index (Phi) is 16.5. The van der Waals surface area contributed by atoms with Crippen molar-refractivity contribution in [3.05, 3.63) is 56.0 Å². The van der Waals surface area contributed by atoms with Crippen LogP contribution < -0.4 is 11.9 Å². The number of primary amides is 1. The third kappa shape index (κ3) is 11.7. The van der Waals surface area contributed by atoms with Gasteiger partial charge in [0.25, 0.3) is 5.91 Å². The molecule has 1 amide bonds. The van der Waals surface area contributed by atoms with Crippen LogP contribution in [0.2, 0.25) is 0 Å². The van der Waals surface area contributed by atoms with Gasteiger partial charge < -0.3 is 26.1 Å². The highest BCUT2D eigenvalue weighted by atomic mass is 79.9. The first-order valence-corrected chi connectivity index (χ1v) is 11.7. The Morgan fingerprint density at radius 3 is 1.76 bits per heavy atom. The minimum Gasteiger partial charge on any atom is -0.461 e. The van der Waals surface area contributed by atoms with Crippen LogP contribution in [0.5, 0.6) is 0 Å². The summed E-state index contributed by atoms with van der Waals surface area (Å²) in [5, 5.41) is 0. The second kappa shape index (κ2) is 17.5. The molecule has 2 aromatic rings. The zero-order valence-corrected chi connectivity index (χ0v) is 22.4. The highest BCUT2D eigenvalue weighted by Crippen LogP contribution is 2.16. The van der Waals surface area contributed by atoms with Gasteiger partial charge in [-0.25, -0.2) is 14.8 Å². The fraction of sp³-hybridized carbons (Fsp3) is 0.455. The number of hydrogen-bond donors (Lipinski definition) is 2. The van der Waals surface area contributed by atoms with E-state index in [1.54, 1.807) is 27.2 Å². The molecule has 0 aliphatic heterocycles. The highest BCUT2D eigenvalue weighted by molar-refractivity contribution is 9.10. The molecule has 0 bridgehead atoms. The molecule has 0 saturated carbocycles. The van der Waals surface area contributed by atoms with Gasteiger partial charge in [-0.2, -0.15) is 0 Å². The molecular formula is C22H32Br2N4O5. The van der Waals surface area contributed by atoms with Crippen molar-refractivity contribution in [3.63, 3.8) is 0 Å². The van der Waals surface area contributed by atoms with Gasteiger partial charge in [0, 0.05) is 27.4 Å². The lowest BCUT2D eigenvalue weighted by atomic mass is 10.1. The van der Waals surface area contributed by atoms with E-state index in [0.29, 0.717) is 40.4 Å². The summed E-state index contributed by atoms with van der Waals surface area (Å²) in [4.78, 5) is 31.1. The summed E-state index contributed by atoms with van der Waals surface area (Å²) in [7, 11) is 3.31. The Morgan fingerprint density at radius 2 is 1.33 bits per heavy atom. The van der Waals surface area contributed by atoms with Crippen LogP contribution in [0.25, 0.3) is 0 Å². The van der Waals surface area contributed by atoms with E-state index in [9.17, 15) is 9.59 Å². The summed E-state index contributed by atoms with van der Waals surface area (Å²) in [6, 6.07) is 7.37. The number of nitrogens with zero attached hydrogens (tertiary/aromatic N) is 2. The number of aromatic nitrogens is 2. The Balaban J connectivity index is 0.000000607. The first kappa shape index (κ1) is 31.1. The molecule has 0 atom stereocenters. The molecular weight excluding hydrogens is 560 g/mol. The third-order valence-corrected chi connectivity index (χ3v) is 5.06. The molecule has 11 heteroatoms. The molecule has 2 rings (SSSR count). The van der Waals surface area contributed by atoms with E-state index < -0.39 is 5.91 Å². The van der Waals surface area contributed by atoms with E-state index in [1.165, 1.54) is 0 Å². The quantitative estimate of drug-likeness (QED) is 0.223. The molecule has 0 aliphatic rings. The van der Waals surface area contributed by atoms with Crippen LogP contribution >= 0.6 is 31.9 Å². The number of pyridine rings is 2. The minimum absolute atomic E-state index is 0. The van der Waals surface area contributed by atoms with Gasteiger partial charge in [0.05, 0.1) is 6.61 Å². The van der Waals surface area contributed by atoms with Crippen LogP contribution in [0.4, 0.5) is 0 Å². The lowest BCUT2D eigenvalue weighted by molar-refractivity contribution is 0.0517. The van der Waals surface area contributed by atoms with E-state index in [1.807, 2.05) is 18.2 Å². The predicted molar refractivity (Wildman–Crippen MR) is 134 cm³/mol. The largest absolute Gasteiger partial charge is 0.461 e. The first-order valence-electron chi connectivity index (χ1n) is 10.1. The number of hydrogen-bond acceptors (Lipinski definition) is 8. The fourth-order valence-corrected chi connectivity index (χ4v) is 3.35. The molecule has 0 aliphatic carbocycles. The second-order valence-electron chi connectivity index (χ2n) is 6.56. The molecule has 2 heterocycles. The van der Waals surface area contributed by atoms with Crippen molar-refractivity contribution in [2.45, 2.75) is 32.6 Å². The number of aryl methyl sites for hydroxylation is 2. The maximum atomic E-state index is 11.7. The number of carbonyl (C=O) groups is 2. The number of ether oxygens (including phenoxy) is 3. The number of esters is 1. The zero-order chi connectivity index (χ0) is 23.9. The summed E-state index contributed by atoms with van der Waals surface area (Å²) in [6.45, 7) is 3.46. The van der Waals surface area contributed by atoms with Crippen molar-refractivity contribution < 1.29 is 23.8 Å². The number of amides is 1. The normalized spacial score (nSPS) is 9.97. The summed E-state index contributed by atoms with van der Waals surface area (Å²) >= 11 is 6.46. The van der Waals surface area contributed by atoms with Crippen molar-refractivity contribution in [1.29, 1.82) is 0 Å². The Morgan fingerprint density at radius 1 is 0.879 bits per heavy atom. The fourth-order valence-electron chi connectivity index (χ4n) is 2.74.